The first-order chi connectivity index (χ1) is 9.61. The first-order valence-electron chi connectivity index (χ1n) is 6.28. The molecule has 8 nitrogen and oxygen atoms in total. The molecule has 2 aliphatic heterocycles. The minimum Gasteiger partial charge on any atom is -0.371 e. The molecule has 0 aliphatic carbocycles. The Morgan fingerprint density at radius 1 is 0.950 bits per heavy atom. The van der Waals surface area contributed by atoms with Crippen molar-refractivity contribution in [3.05, 3.63) is 31.5 Å². The fourth-order valence-corrected chi connectivity index (χ4v) is 2.47. The molecular weight excluding hydrogens is 286 g/mol. The SMILES string of the molecule is CSCn1c(=O)n(CC2CO2)c(=O)n(CC2CO2)c1=O. The summed E-state index contributed by atoms with van der Waals surface area (Å²) in [4.78, 5) is 36.7. The summed E-state index contributed by atoms with van der Waals surface area (Å²) in [5.41, 5.74) is -1.72. The van der Waals surface area contributed by atoms with Gasteiger partial charge in [0.2, 0.25) is 0 Å². The molecule has 110 valence electrons. The number of thioether (sulfide) groups is 1. The van der Waals surface area contributed by atoms with Gasteiger partial charge in [0.15, 0.2) is 0 Å². The predicted octanol–water partition coefficient (Wildman–Crippen LogP) is -1.71. The van der Waals surface area contributed by atoms with E-state index in [1.54, 1.807) is 6.26 Å². The minimum atomic E-state index is -0.580. The molecule has 20 heavy (non-hydrogen) atoms. The van der Waals surface area contributed by atoms with Gasteiger partial charge in [-0.3, -0.25) is 0 Å². The van der Waals surface area contributed by atoms with E-state index in [1.807, 2.05) is 0 Å². The first kappa shape index (κ1) is 13.7. The zero-order valence-corrected chi connectivity index (χ0v) is 11.8. The number of hydrogen-bond donors (Lipinski definition) is 0. The van der Waals surface area contributed by atoms with Gasteiger partial charge in [-0.2, -0.15) is 0 Å². The van der Waals surface area contributed by atoms with Gasteiger partial charge in [0.05, 0.1) is 44.4 Å². The molecule has 1 aromatic rings. The van der Waals surface area contributed by atoms with Crippen LogP contribution in [0.3, 0.4) is 0 Å². The molecule has 3 heterocycles. The second kappa shape index (κ2) is 5.23. The normalized spacial score (nSPS) is 23.9. The molecule has 2 aliphatic rings. The van der Waals surface area contributed by atoms with Crippen LogP contribution in [-0.4, -0.2) is 45.4 Å². The Morgan fingerprint density at radius 3 is 1.70 bits per heavy atom. The van der Waals surface area contributed by atoms with Crippen LogP contribution in [0.4, 0.5) is 0 Å². The summed E-state index contributed by atoms with van der Waals surface area (Å²) in [6.07, 6.45) is 1.58. The van der Waals surface area contributed by atoms with Crippen LogP contribution in [0.2, 0.25) is 0 Å². The Balaban J connectivity index is 2.11. The zero-order chi connectivity index (χ0) is 14.3. The smallest absolute Gasteiger partial charge is 0.337 e. The van der Waals surface area contributed by atoms with Crippen LogP contribution < -0.4 is 17.1 Å². The highest BCUT2D eigenvalue weighted by Crippen LogP contribution is 2.10. The van der Waals surface area contributed by atoms with Crippen molar-refractivity contribution in [1.29, 1.82) is 0 Å². The van der Waals surface area contributed by atoms with E-state index in [0.717, 1.165) is 13.7 Å². The number of nitrogens with zero attached hydrogens (tertiary/aromatic N) is 3. The molecule has 0 spiro atoms. The Bertz CT molecular complexity index is 631. The maximum absolute atomic E-state index is 12.3. The van der Waals surface area contributed by atoms with Gasteiger partial charge in [0, 0.05) is 0 Å². The summed E-state index contributed by atoms with van der Waals surface area (Å²) < 4.78 is 13.4. The molecule has 0 bridgehead atoms. The molecule has 3 rings (SSSR count). The molecule has 0 N–H and O–H groups in total. The van der Waals surface area contributed by atoms with Crippen molar-refractivity contribution in [2.24, 2.45) is 0 Å². The summed E-state index contributed by atoms with van der Waals surface area (Å²) in [5, 5.41) is 0. The Morgan fingerprint density at radius 2 is 1.35 bits per heavy atom. The van der Waals surface area contributed by atoms with Gasteiger partial charge in [0.25, 0.3) is 0 Å². The molecule has 2 fully saturated rings. The first-order valence-corrected chi connectivity index (χ1v) is 7.68. The second-order valence-electron chi connectivity index (χ2n) is 4.83. The lowest BCUT2D eigenvalue weighted by atomic mass is 10.4. The molecule has 2 saturated heterocycles. The van der Waals surface area contributed by atoms with Gasteiger partial charge in [-0.15, -0.1) is 11.8 Å². The summed E-state index contributed by atoms with van der Waals surface area (Å²) in [7, 11) is 0. The lowest BCUT2D eigenvalue weighted by Gasteiger charge is -2.11. The van der Waals surface area contributed by atoms with E-state index < -0.39 is 17.1 Å². The predicted molar refractivity (Wildman–Crippen MR) is 72.2 cm³/mol. The van der Waals surface area contributed by atoms with Crippen LogP contribution in [0.15, 0.2) is 14.4 Å². The van der Waals surface area contributed by atoms with Crippen molar-refractivity contribution in [3.8, 4) is 0 Å². The van der Waals surface area contributed by atoms with E-state index in [2.05, 4.69) is 0 Å². The van der Waals surface area contributed by atoms with Crippen LogP contribution >= 0.6 is 11.8 Å². The van der Waals surface area contributed by atoms with E-state index in [0.29, 0.717) is 13.2 Å². The second-order valence-corrected chi connectivity index (χ2v) is 5.66. The summed E-state index contributed by atoms with van der Waals surface area (Å²) in [5.74, 6) is 0.217. The maximum atomic E-state index is 12.3. The van der Waals surface area contributed by atoms with Crippen molar-refractivity contribution < 1.29 is 9.47 Å². The van der Waals surface area contributed by atoms with Crippen LogP contribution in [0.5, 0.6) is 0 Å². The molecule has 9 heteroatoms. The number of rotatable bonds is 6. The quantitative estimate of drug-likeness (QED) is 0.581. The highest BCUT2D eigenvalue weighted by Gasteiger charge is 2.29. The van der Waals surface area contributed by atoms with Crippen LogP contribution in [0, 0.1) is 0 Å². The molecule has 1 aromatic heterocycles. The molecular formula is C11H15N3O5S. The van der Waals surface area contributed by atoms with Crippen molar-refractivity contribution in [2.45, 2.75) is 31.2 Å². The summed E-state index contributed by atoms with van der Waals surface area (Å²) in [6, 6.07) is 0. The lowest BCUT2D eigenvalue weighted by molar-refractivity contribution is 0.344. The molecule has 0 amide bonds. The van der Waals surface area contributed by atoms with E-state index >= 15 is 0 Å². The highest BCUT2D eigenvalue weighted by atomic mass is 32.2. The molecule has 2 unspecified atom stereocenters. The largest absolute Gasteiger partial charge is 0.371 e. The summed E-state index contributed by atoms with van der Waals surface area (Å²) >= 11 is 1.35. The fourth-order valence-electron chi connectivity index (χ4n) is 1.99. The fraction of sp³-hybridized carbons (Fsp3) is 0.727. The van der Waals surface area contributed by atoms with E-state index in [9.17, 15) is 14.4 Å². The monoisotopic (exact) mass is 301 g/mol. The van der Waals surface area contributed by atoms with Crippen molar-refractivity contribution in [3.63, 3.8) is 0 Å². The van der Waals surface area contributed by atoms with Crippen LogP contribution in [0.1, 0.15) is 0 Å². The van der Waals surface area contributed by atoms with Crippen LogP contribution in [0.25, 0.3) is 0 Å². The van der Waals surface area contributed by atoms with Gasteiger partial charge >= 0.3 is 17.1 Å². The van der Waals surface area contributed by atoms with Gasteiger partial charge in [-0.25, -0.2) is 28.1 Å². The van der Waals surface area contributed by atoms with Gasteiger partial charge in [-0.1, -0.05) is 0 Å². The summed E-state index contributed by atoms with van der Waals surface area (Å²) in [6.45, 7) is 1.47. The zero-order valence-electron chi connectivity index (χ0n) is 11.0. The highest BCUT2D eigenvalue weighted by molar-refractivity contribution is 7.97. The molecule has 0 aromatic carbocycles. The number of hydrogen-bond acceptors (Lipinski definition) is 6. The average molecular weight is 301 g/mol. The van der Waals surface area contributed by atoms with Crippen molar-refractivity contribution in [1.82, 2.24) is 13.7 Å². The molecule has 0 radical (unpaired) electrons. The number of aromatic nitrogens is 3. The standard InChI is InChI=1S/C11H15N3O5S/c1-20-6-14-10(16)12(2-7-4-18-7)9(15)13(11(14)17)3-8-5-19-8/h7-8H,2-6H2,1H3. The third-order valence-corrected chi connectivity index (χ3v) is 3.74. The minimum absolute atomic E-state index is 0.105. The van der Waals surface area contributed by atoms with E-state index in [4.69, 9.17) is 9.47 Å². The number of ether oxygens (including phenoxy) is 2. The molecule has 2 atom stereocenters. The number of epoxide rings is 2. The van der Waals surface area contributed by atoms with Gasteiger partial charge < -0.3 is 9.47 Å². The van der Waals surface area contributed by atoms with Crippen molar-refractivity contribution >= 4 is 11.8 Å². The Hall–Kier alpha value is -1.32. The lowest BCUT2D eigenvalue weighted by Crippen LogP contribution is -2.55. The average Bonchev–Trinajstić information content (AvgIpc) is 3.30. The topological polar surface area (TPSA) is 91.1 Å². The van der Waals surface area contributed by atoms with Gasteiger partial charge in [-0.05, 0) is 6.26 Å². The Kier molecular flexibility index (Phi) is 3.57. The van der Waals surface area contributed by atoms with E-state index in [1.165, 1.54) is 11.8 Å². The third kappa shape index (κ3) is 2.60. The van der Waals surface area contributed by atoms with Gasteiger partial charge in [0.1, 0.15) is 0 Å². The molecule has 0 saturated carbocycles. The van der Waals surface area contributed by atoms with Crippen molar-refractivity contribution in [2.75, 3.05) is 19.5 Å². The Labute approximate surface area is 117 Å². The van der Waals surface area contributed by atoms with Crippen LogP contribution in [-0.2, 0) is 28.4 Å². The third-order valence-electron chi connectivity index (χ3n) is 3.22. The van der Waals surface area contributed by atoms with E-state index in [-0.39, 0.29) is 31.2 Å². The maximum Gasteiger partial charge on any atom is 0.337 e.